The summed E-state index contributed by atoms with van der Waals surface area (Å²) in [5.74, 6) is 0. The second-order valence-electron chi connectivity index (χ2n) is 12.8. The minimum Gasteiger partial charge on any atom is -0.393 e. The van der Waals surface area contributed by atoms with E-state index in [2.05, 4.69) is 13.8 Å². The van der Waals surface area contributed by atoms with Crippen molar-refractivity contribution in [3.8, 4) is 0 Å². The highest BCUT2D eigenvalue weighted by atomic mass is 31.1. The van der Waals surface area contributed by atoms with Crippen LogP contribution < -0.4 is 0 Å². The monoisotopic (exact) mass is 602 g/mol. The molecule has 0 aromatic rings. The molecule has 0 aliphatic rings. The first-order valence-corrected chi connectivity index (χ1v) is 19.8. The quantitative estimate of drug-likeness (QED) is 0.0580. The SMILES string of the molecule is CCCCCCCCCCCCCCCCOCC(CCCCCCCCCCCCCC)O[P+](=O)CCC(C)O. The Kier molecular flexibility index (Phi) is 34.5. The number of aliphatic hydroxyl groups is 1. The van der Waals surface area contributed by atoms with Crippen LogP contribution in [0.3, 0.4) is 0 Å². The smallest absolute Gasteiger partial charge is 0.393 e. The van der Waals surface area contributed by atoms with Gasteiger partial charge in [-0.15, -0.1) is 4.52 Å². The van der Waals surface area contributed by atoms with E-state index < -0.39 is 14.1 Å². The van der Waals surface area contributed by atoms with E-state index in [-0.39, 0.29) is 6.10 Å². The van der Waals surface area contributed by atoms with Gasteiger partial charge in [-0.2, -0.15) is 0 Å². The number of unbranched alkanes of at least 4 members (excludes halogenated alkanes) is 24. The molecule has 0 bridgehead atoms. The fourth-order valence-electron chi connectivity index (χ4n) is 5.50. The summed E-state index contributed by atoms with van der Waals surface area (Å²) in [6.07, 6.45) is 36.5. The average molecular weight is 602 g/mol. The van der Waals surface area contributed by atoms with E-state index in [0.717, 1.165) is 25.9 Å². The molecule has 0 aliphatic heterocycles. The van der Waals surface area contributed by atoms with E-state index in [9.17, 15) is 9.67 Å². The first-order valence-electron chi connectivity index (χ1n) is 18.5. The maximum absolute atomic E-state index is 12.4. The first-order chi connectivity index (χ1) is 20.1. The lowest BCUT2D eigenvalue weighted by Gasteiger charge is -2.12. The average Bonchev–Trinajstić information content (AvgIpc) is 2.96. The summed E-state index contributed by atoms with van der Waals surface area (Å²) in [6, 6.07) is 0. The zero-order valence-electron chi connectivity index (χ0n) is 28.2. The lowest BCUT2D eigenvalue weighted by Crippen LogP contribution is -2.18. The maximum atomic E-state index is 12.4. The zero-order chi connectivity index (χ0) is 30.1. The van der Waals surface area contributed by atoms with Gasteiger partial charge in [0.15, 0.2) is 6.16 Å². The number of aliphatic hydroxyl groups excluding tert-OH is 1. The van der Waals surface area contributed by atoms with Gasteiger partial charge in [0, 0.05) is 13.0 Å². The van der Waals surface area contributed by atoms with E-state index >= 15 is 0 Å². The fraction of sp³-hybridized carbons (Fsp3) is 1.00. The van der Waals surface area contributed by atoms with Crippen molar-refractivity contribution < 1.29 is 18.9 Å². The Labute approximate surface area is 258 Å². The predicted octanol–water partition coefficient (Wildman–Crippen LogP) is 12.5. The van der Waals surface area contributed by atoms with Gasteiger partial charge < -0.3 is 9.84 Å². The zero-order valence-corrected chi connectivity index (χ0v) is 29.1. The molecule has 0 fully saturated rings. The van der Waals surface area contributed by atoms with E-state index in [1.807, 2.05) is 0 Å². The molecule has 3 unspecified atom stereocenters. The van der Waals surface area contributed by atoms with Crippen LogP contribution in [0.5, 0.6) is 0 Å². The molecule has 246 valence electrons. The van der Waals surface area contributed by atoms with Crippen LogP contribution in [0.25, 0.3) is 0 Å². The molecule has 0 heterocycles. The molecule has 0 radical (unpaired) electrons. The van der Waals surface area contributed by atoms with Crippen molar-refractivity contribution in [2.75, 3.05) is 19.4 Å². The molecule has 0 saturated carbocycles. The number of rotatable bonds is 35. The summed E-state index contributed by atoms with van der Waals surface area (Å²) in [5, 5.41) is 9.51. The van der Waals surface area contributed by atoms with Gasteiger partial charge in [0.1, 0.15) is 6.10 Å². The third kappa shape index (κ3) is 34.3. The van der Waals surface area contributed by atoms with E-state index in [4.69, 9.17) is 9.26 Å². The van der Waals surface area contributed by atoms with Crippen LogP contribution in [-0.2, 0) is 13.8 Å². The molecule has 0 amide bonds. The standard InChI is InChI=1S/C36H74O4P/c1-4-6-8-10-12-14-16-18-19-21-23-25-27-29-32-39-34-36(40-41(38)33-31-35(3)37)30-28-26-24-22-20-17-15-13-11-9-7-5-2/h35-37H,4-34H2,1-3H3/q+1. The highest BCUT2D eigenvalue weighted by molar-refractivity contribution is 7.39. The molecule has 0 aromatic heterocycles. The van der Waals surface area contributed by atoms with Gasteiger partial charge in [0.2, 0.25) is 0 Å². The normalized spacial score (nSPS) is 13.5. The van der Waals surface area contributed by atoms with Crippen molar-refractivity contribution in [1.29, 1.82) is 0 Å². The van der Waals surface area contributed by atoms with Crippen molar-refractivity contribution in [3.05, 3.63) is 0 Å². The van der Waals surface area contributed by atoms with Gasteiger partial charge >= 0.3 is 8.03 Å². The molecule has 0 saturated heterocycles. The summed E-state index contributed by atoms with van der Waals surface area (Å²) in [7, 11) is -1.73. The lowest BCUT2D eigenvalue weighted by molar-refractivity contribution is 0.0466. The summed E-state index contributed by atoms with van der Waals surface area (Å²) in [6.45, 7) is 7.63. The number of hydrogen-bond acceptors (Lipinski definition) is 4. The van der Waals surface area contributed by atoms with Crippen LogP contribution in [0.4, 0.5) is 0 Å². The molecule has 0 spiro atoms. The Hall–Kier alpha value is -0.0200. The minimum absolute atomic E-state index is 0.0811. The summed E-state index contributed by atoms with van der Waals surface area (Å²) in [4.78, 5) is 0. The second kappa shape index (κ2) is 34.5. The fourth-order valence-corrected chi connectivity index (χ4v) is 6.69. The lowest BCUT2D eigenvalue weighted by atomic mass is 10.0. The highest BCUT2D eigenvalue weighted by Crippen LogP contribution is 2.28. The first kappa shape index (κ1) is 41.0. The van der Waals surface area contributed by atoms with E-state index in [1.165, 1.54) is 154 Å². The molecule has 1 N–H and O–H groups in total. The molecule has 41 heavy (non-hydrogen) atoms. The van der Waals surface area contributed by atoms with Crippen LogP contribution in [-0.4, -0.2) is 36.7 Å². The van der Waals surface area contributed by atoms with Crippen molar-refractivity contribution >= 4 is 8.03 Å². The predicted molar refractivity (Wildman–Crippen MR) is 180 cm³/mol. The van der Waals surface area contributed by atoms with Crippen LogP contribution in [0.2, 0.25) is 0 Å². The molecule has 3 atom stereocenters. The molecular formula is C36H74O4P+. The molecule has 5 heteroatoms. The maximum Gasteiger partial charge on any atom is 0.508 e. The van der Waals surface area contributed by atoms with Gasteiger partial charge in [-0.3, -0.25) is 0 Å². The van der Waals surface area contributed by atoms with Gasteiger partial charge in [-0.05, 0) is 24.3 Å². The minimum atomic E-state index is -1.73. The molecule has 4 nitrogen and oxygen atoms in total. The molecular weight excluding hydrogens is 527 g/mol. The Morgan fingerprint density at radius 3 is 1.29 bits per heavy atom. The highest BCUT2D eigenvalue weighted by Gasteiger charge is 2.25. The molecule has 0 aromatic carbocycles. The van der Waals surface area contributed by atoms with Gasteiger partial charge in [-0.1, -0.05) is 174 Å². The third-order valence-corrected chi connectivity index (χ3v) is 9.48. The van der Waals surface area contributed by atoms with Crippen molar-refractivity contribution in [2.24, 2.45) is 0 Å². The van der Waals surface area contributed by atoms with Crippen LogP contribution >= 0.6 is 8.03 Å². The second-order valence-corrected chi connectivity index (χ2v) is 14.1. The summed E-state index contributed by atoms with van der Waals surface area (Å²) in [5.41, 5.74) is 0. The Morgan fingerprint density at radius 1 is 0.537 bits per heavy atom. The molecule has 0 aliphatic carbocycles. The largest absolute Gasteiger partial charge is 0.508 e. The van der Waals surface area contributed by atoms with Crippen LogP contribution in [0.15, 0.2) is 0 Å². The topological polar surface area (TPSA) is 55.8 Å². The van der Waals surface area contributed by atoms with Gasteiger partial charge in [0.05, 0.1) is 12.7 Å². The Bertz CT molecular complexity index is 514. The van der Waals surface area contributed by atoms with E-state index in [0.29, 0.717) is 19.2 Å². The van der Waals surface area contributed by atoms with Crippen molar-refractivity contribution in [1.82, 2.24) is 0 Å². The number of hydrogen-bond donors (Lipinski definition) is 1. The van der Waals surface area contributed by atoms with Gasteiger partial charge in [-0.25, -0.2) is 0 Å². The Balaban J connectivity index is 3.82. The van der Waals surface area contributed by atoms with Crippen LogP contribution in [0, 0.1) is 0 Å². The summed E-state index contributed by atoms with van der Waals surface area (Å²) < 4.78 is 24.3. The van der Waals surface area contributed by atoms with Crippen LogP contribution in [0.1, 0.15) is 201 Å². The van der Waals surface area contributed by atoms with Crippen molar-refractivity contribution in [2.45, 2.75) is 213 Å². The molecule has 0 rings (SSSR count). The van der Waals surface area contributed by atoms with Crippen molar-refractivity contribution in [3.63, 3.8) is 0 Å². The van der Waals surface area contributed by atoms with Gasteiger partial charge in [0.25, 0.3) is 0 Å². The Morgan fingerprint density at radius 2 is 0.902 bits per heavy atom. The number of ether oxygens (including phenoxy) is 1. The summed E-state index contributed by atoms with van der Waals surface area (Å²) >= 11 is 0. The third-order valence-electron chi connectivity index (χ3n) is 8.32. The van der Waals surface area contributed by atoms with E-state index in [1.54, 1.807) is 6.92 Å².